The van der Waals surface area contributed by atoms with E-state index in [9.17, 15) is 9.90 Å². The Balaban J connectivity index is 2.15. The predicted molar refractivity (Wildman–Crippen MR) is 61.4 cm³/mol. The third kappa shape index (κ3) is 2.43. The van der Waals surface area contributed by atoms with Crippen molar-refractivity contribution in [1.29, 1.82) is 0 Å². The molecule has 2 rings (SSSR count). The van der Waals surface area contributed by atoms with Crippen molar-refractivity contribution < 1.29 is 14.7 Å². The highest BCUT2D eigenvalue weighted by atomic mass is 16.7. The van der Waals surface area contributed by atoms with Gasteiger partial charge in [-0.1, -0.05) is 13.8 Å². The summed E-state index contributed by atoms with van der Waals surface area (Å²) in [6.07, 6.45) is 5.93. The Bertz CT molecular complexity index is 388. The van der Waals surface area contributed by atoms with Crippen molar-refractivity contribution in [2.24, 2.45) is 5.41 Å². The van der Waals surface area contributed by atoms with Gasteiger partial charge in [-0.05, 0) is 24.3 Å². The molecule has 1 heterocycles. The monoisotopic (exact) mass is 238 g/mol. The molecule has 1 aromatic rings. The molecule has 5 nitrogen and oxygen atoms in total. The van der Waals surface area contributed by atoms with Crippen molar-refractivity contribution in [1.82, 2.24) is 9.94 Å². The molecule has 0 unspecified atom stereocenters. The largest absolute Gasteiger partial charge is 0.478 e. The maximum Gasteiger partial charge on any atom is 0.350 e. The van der Waals surface area contributed by atoms with Gasteiger partial charge in [0, 0.05) is 12.8 Å². The van der Waals surface area contributed by atoms with Gasteiger partial charge >= 0.3 is 5.97 Å². The molecule has 1 aromatic heterocycles. The van der Waals surface area contributed by atoms with E-state index < -0.39 is 11.6 Å². The zero-order valence-corrected chi connectivity index (χ0v) is 10.2. The molecule has 1 N–H and O–H groups in total. The second-order valence-electron chi connectivity index (χ2n) is 5.46. The molecule has 0 aliphatic heterocycles. The van der Waals surface area contributed by atoms with Crippen LogP contribution in [0.2, 0.25) is 0 Å². The van der Waals surface area contributed by atoms with Crippen LogP contribution in [0.1, 0.15) is 39.5 Å². The van der Waals surface area contributed by atoms with E-state index in [2.05, 4.69) is 18.9 Å². The summed E-state index contributed by atoms with van der Waals surface area (Å²) in [6.45, 7) is 4.32. The van der Waals surface area contributed by atoms with Crippen LogP contribution in [0.4, 0.5) is 0 Å². The Morgan fingerprint density at radius 1 is 1.35 bits per heavy atom. The molecule has 1 aliphatic rings. The van der Waals surface area contributed by atoms with Gasteiger partial charge in [-0.25, -0.2) is 4.79 Å². The maximum atomic E-state index is 11.4. The first-order chi connectivity index (χ1) is 7.94. The fourth-order valence-corrected chi connectivity index (χ4v) is 2.16. The van der Waals surface area contributed by atoms with Gasteiger partial charge < -0.3 is 9.94 Å². The number of hydrogen-bond donors (Lipinski definition) is 1. The zero-order valence-electron chi connectivity index (χ0n) is 10.2. The van der Waals surface area contributed by atoms with Gasteiger partial charge in [-0.3, -0.25) is 0 Å². The molecule has 0 saturated heterocycles. The van der Waals surface area contributed by atoms with E-state index in [-0.39, 0.29) is 5.41 Å². The summed E-state index contributed by atoms with van der Waals surface area (Å²) in [6, 6.07) is 1.71. The lowest BCUT2D eigenvalue weighted by molar-refractivity contribution is -0.177. The standard InChI is InChI=1S/C12H18N2O3/c1-11(2)4-6-12(7-5-11,10(15)16)17-14-9-3-8-13-14/h3,8-9H,4-7H2,1-2H3,(H,15,16). The van der Waals surface area contributed by atoms with E-state index in [1.165, 1.54) is 4.85 Å². The Morgan fingerprint density at radius 3 is 2.47 bits per heavy atom. The molecule has 0 atom stereocenters. The Hall–Kier alpha value is -1.52. The normalized spacial score (nSPS) is 22.0. The van der Waals surface area contributed by atoms with Gasteiger partial charge in [0.25, 0.3) is 0 Å². The summed E-state index contributed by atoms with van der Waals surface area (Å²) in [5, 5.41) is 13.3. The van der Waals surface area contributed by atoms with Crippen LogP contribution in [0.15, 0.2) is 18.5 Å². The van der Waals surface area contributed by atoms with Crippen molar-refractivity contribution in [3.63, 3.8) is 0 Å². The highest BCUT2D eigenvalue weighted by molar-refractivity contribution is 5.77. The lowest BCUT2D eigenvalue weighted by Crippen LogP contribution is -2.52. The van der Waals surface area contributed by atoms with Crippen LogP contribution in [-0.4, -0.2) is 26.6 Å². The van der Waals surface area contributed by atoms with Crippen LogP contribution < -0.4 is 4.84 Å². The van der Waals surface area contributed by atoms with Crippen molar-refractivity contribution in [2.75, 3.05) is 0 Å². The van der Waals surface area contributed by atoms with E-state index in [1.807, 2.05) is 0 Å². The van der Waals surface area contributed by atoms with Crippen molar-refractivity contribution in [3.8, 4) is 0 Å². The third-order valence-corrected chi connectivity index (χ3v) is 3.55. The molecule has 94 valence electrons. The van der Waals surface area contributed by atoms with Crippen LogP contribution in [0.25, 0.3) is 0 Å². The molecule has 1 fully saturated rings. The van der Waals surface area contributed by atoms with E-state index in [0.717, 1.165) is 12.8 Å². The van der Waals surface area contributed by atoms with Gasteiger partial charge in [0.15, 0.2) is 0 Å². The summed E-state index contributed by atoms with van der Waals surface area (Å²) in [4.78, 5) is 18.2. The van der Waals surface area contributed by atoms with Gasteiger partial charge in [0.2, 0.25) is 5.60 Å². The van der Waals surface area contributed by atoms with Crippen LogP contribution in [0.5, 0.6) is 0 Å². The van der Waals surface area contributed by atoms with E-state index in [1.54, 1.807) is 18.5 Å². The number of aromatic nitrogens is 2. The van der Waals surface area contributed by atoms with Crippen LogP contribution in [-0.2, 0) is 4.79 Å². The molecule has 0 bridgehead atoms. The van der Waals surface area contributed by atoms with E-state index in [4.69, 9.17) is 4.84 Å². The molecule has 0 amide bonds. The predicted octanol–water partition coefficient (Wildman–Crippen LogP) is 1.74. The second-order valence-corrected chi connectivity index (χ2v) is 5.46. The average Bonchev–Trinajstić information content (AvgIpc) is 2.74. The van der Waals surface area contributed by atoms with Crippen molar-refractivity contribution in [2.45, 2.75) is 45.1 Å². The number of carboxylic acids is 1. The summed E-state index contributed by atoms with van der Waals surface area (Å²) in [5.41, 5.74) is -0.923. The summed E-state index contributed by atoms with van der Waals surface area (Å²) in [5.74, 6) is -0.900. The molecule has 0 radical (unpaired) electrons. The summed E-state index contributed by atoms with van der Waals surface area (Å²) >= 11 is 0. The number of rotatable bonds is 3. The smallest absolute Gasteiger partial charge is 0.350 e. The Labute approximate surface area is 100 Å². The van der Waals surface area contributed by atoms with Crippen molar-refractivity contribution >= 4 is 5.97 Å². The molecule has 0 aromatic carbocycles. The third-order valence-electron chi connectivity index (χ3n) is 3.55. The number of nitrogens with zero attached hydrogens (tertiary/aromatic N) is 2. The molecule has 0 spiro atoms. The topological polar surface area (TPSA) is 64.4 Å². The fourth-order valence-electron chi connectivity index (χ4n) is 2.16. The van der Waals surface area contributed by atoms with Gasteiger partial charge in [-0.2, -0.15) is 0 Å². The quantitative estimate of drug-likeness (QED) is 0.871. The van der Waals surface area contributed by atoms with Crippen LogP contribution >= 0.6 is 0 Å². The van der Waals surface area contributed by atoms with Gasteiger partial charge in [0.05, 0.1) is 12.4 Å². The molecular formula is C12H18N2O3. The highest BCUT2D eigenvalue weighted by Gasteiger charge is 2.47. The number of carbonyl (C=O) groups is 1. The molecule has 5 heteroatoms. The SMILES string of the molecule is CC1(C)CCC(On2cccn2)(C(=O)O)CC1. The van der Waals surface area contributed by atoms with Crippen molar-refractivity contribution in [3.05, 3.63) is 18.5 Å². The van der Waals surface area contributed by atoms with E-state index >= 15 is 0 Å². The lowest BCUT2D eigenvalue weighted by Gasteiger charge is -2.39. The number of carboxylic acid groups (broad SMARTS) is 1. The molecule has 17 heavy (non-hydrogen) atoms. The molecular weight excluding hydrogens is 220 g/mol. The Kier molecular flexibility index (Phi) is 2.85. The number of hydrogen-bond acceptors (Lipinski definition) is 3. The molecule has 1 saturated carbocycles. The van der Waals surface area contributed by atoms with Crippen LogP contribution in [0.3, 0.4) is 0 Å². The fraction of sp³-hybridized carbons (Fsp3) is 0.667. The average molecular weight is 238 g/mol. The summed E-state index contributed by atoms with van der Waals surface area (Å²) in [7, 11) is 0. The lowest BCUT2D eigenvalue weighted by atomic mass is 9.71. The van der Waals surface area contributed by atoms with E-state index in [0.29, 0.717) is 12.8 Å². The minimum absolute atomic E-state index is 0.201. The maximum absolute atomic E-state index is 11.4. The Morgan fingerprint density at radius 2 is 2.00 bits per heavy atom. The van der Waals surface area contributed by atoms with Gasteiger partial charge in [-0.15, -0.1) is 9.94 Å². The minimum atomic E-state index is -1.12. The zero-order chi connectivity index (χ0) is 12.5. The first-order valence-corrected chi connectivity index (χ1v) is 5.86. The number of aliphatic carboxylic acids is 1. The first-order valence-electron chi connectivity index (χ1n) is 5.86. The second kappa shape index (κ2) is 4.05. The van der Waals surface area contributed by atoms with Gasteiger partial charge in [0.1, 0.15) is 0 Å². The first kappa shape index (κ1) is 12.0. The highest BCUT2D eigenvalue weighted by Crippen LogP contribution is 2.41. The minimum Gasteiger partial charge on any atom is -0.478 e. The summed E-state index contributed by atoms with van der Waals surface area (Å²) < 4.78 is 0. The van der Waals surface area contributed by atoms with Crippen LogP contribution in [0, 0.1) is 5.41 Å². The molecule has 1 aliphatic carbocycles.